The molecule has 2 atom stereocenters. The van der Waals surface area contributed by atoms with Crippen LogP contribution >= 0.6 is 11.6 Å². The van der Waals surface area contributed by atoms with Gasteiger partial charge in [-0.3, -0.25) is 0 Å². The van der Waals surface area contributed by atoms with Gasteiger partial charge in [0.05, 0.1) is 0 Å². The maximum Gasteiger partial charge on any atom is 0.407 e. The Bertz CT molecular complexity index is 675. The van der Waals surface area contributed by atoms with Gasteiger partial charge in [0.25, 0.3) is 6.01 Å². The number of ether oxygens (including phenoxy) is 1. The number of anilines is 1. The van der Waals surface area contributed by atoms with Gasteiger partial charge in [-0.25, -0.2) is 9.78 Å². The molecule has 2 aromatic heterocycles. The van der Waals surface area contributed by atoms with E-state index in [2.05, 4.69) is 20.6 Å². The fourth-order valence-corrected chi connectivity index (χ4v) is 2.77. The van der Waals surface area contributed by atoms with Gasteiger partial charge in [-0.15, -0.1) is 0 Å². The number of halogens is 1. The second-order valence-electron chi connectivity index (χ2n) is 5.26. The van der Waals surface area contributed by atoms with E-state index in [0.29, 0.717) is 22.4 Å². The third-order valence-corrected chi connectivity index (χ3v) is 3.86. The predicted molar refractivity (Wildman–Crippen MR) is 82.0 cm³/mol. The van der Waals surface area contributed by atoms with Crippen molar-refractivity contribution in [2.24, 2.45) is 0 Å². The summed E-state index contributed by atoms with van der Waals surface area (Å²) in [6.07, 6.45) is 3.05. The van der Waals surface area contributed by atoms with Crippen LogP contribution in [-0.4, -0.2) is 35.3 Å². The fourth-order valence-electron chi connectivity index (χ4n) is 2.63. The highest BCUT2D eigenvalue weighted by molar-refractivity contribution is 6.29. The second kappa shape index (κ2) is 6.39. The molecule has 22 heavy (non-hydrogen) atoms. The molecule has 0 aliphatic heterocycles. The molecule has 2 aromatic rings. The van der Waals surface area contributed by atoms with E-state index in [0.717, 1.165) is 25.7 Å². The molecule has 0 radical (unpaired) electrons. The fraction of sp³-hybridized carbons (Fsp3) is 0.500. The molecule has 7 nitrogen and oxygen atoms in total. The summed E-state index contributed by atoms with van der Waals surface area (Å²) in [6.45, 7) is 0. The molecule has 1 fully saturated rings. The Morgan fingerprint density at radius 3 is 3.09 bits per heavy atom. The number of nitrogens with one attached hydrogen (secondary N) is 2. The first-order valence-electron chi connectivity index (χ1n) is 7.22. The van der Waals surface area contributed by atoms with E-state index in [1.807, 2.05) is 0 Å². The largest absolute Gasteiger partial charge is 0.446 e. The zero-order valence-electron chi connectivity index (χ0n) is 12.1. The highest BCUT2D eigenvalue weighted by Crippen LogP contribution is 2.26. The molecule has 0 saturated heterocycles. The van der Waals surface area contributed by atoms with Crippen LogP contribution in [0.5, 0.6) is 0 Å². The number of carbonyl (C=O) groups excluding carboxylic acids is 1. The molecule has 8 heteroatoms. The van der Waals surface area contributed by atoms with Crippen molar-refractivity contribution in [1.82, 2.24) is 15.3 Å². The Morgan fingerprint density at radius 1 is 1.41 bits per heavy atom. The summed E-state index contributed by atoms with van der Waals surface area (Å²) < 4.78 is 10.9. The molecule has 2 heterocycles. The van der Waals surface area contributed by atoms with E-state index in [1.165, 1.54) is 0 Å². The lowest BCUT2D eigenvalue weighted by Crippen LogP contribution is -2.35. The lowest BCUT2D eigenvalue weighted by Gasteiger charge is -2.28. The number of fused-ring (bicyclic) bond motifs is 1. The third kappa shape index (κ3) is 3.41. The maximum atomic E-state index is 11.3. The number of amides is 1. The topological polar surface area (TPSA) is 89.3 Å². The lowest BCUT2D eigenvalue weighted by molar-refractivity contribution is 0.0737. The van der Waals surface area contributed by atoms with Crippen LogP contribution in [0.2, 0.25) is 5.15 Å². The maximum absolute atomic E-state index is 11.3. The van der Waals surface area contributed by atoms with Crippen molar-refractivity contribution in [3.05, 3.63) is 17.3 Å². The number of hydrogen-bond donors (Lipinski definition) is 2. The van der Waals surface area contributed by atoms with E-state index in [1.54, 1.807) is 19.2 Å². The summed E-state index contributed by atoms with van der Waals surface area (Å²) in [6, 6.07) is 3.95. The molecule has 1 aliphatic carbocycles. The molecule has 1 aliphatic rings. The molecule has 118 valence electrons. The molecule has 3 rings (SSSR count). The quantitative estimate of drug-likeness (QED) is 0.844. The minimum atomic E-state index is -0.397. The number of carbonyl (C=O) groups is 1. The summed E-state index contributed by atoms with van der Waals surface area (Å²) in [5.41, 5.74) is 1.06. The zero-order valence-corrected chi connectivity index (χ0v) is 12.9. The Kier molecular flexibility index (Phi) is 4.33. The SMILES string of the molecule is CNC(=O)OC1CCCC(Nc2nc3nc(Cl)ccc3o2)C1. The number of pyridine rings is 1. The number of oxazole rings is 1. The van der Waals surface area contributed by atoms with Gasteiger partial charge >= 0.3 is 6.09 Å². The monoisotopic (exact) mass is 324 g/mol. The van der Waals surface area contributed by atoms with E-state index in [9.17, 15) is 4.79 Å². The van der Waals surface area contributed by atoms with Gasteiger partial charge in [0, 0.05) is 19.5 Å². The molecule has 1 amide bonds. The van der Waals surface area contributed by atoms with Crippen molar-refractivity contribution in [3.8, 4) is 0 Å². The Balaban J connectivity index is 1.64. The lowest BCUT2D eigenvalue weighted by atomic mass is 9.93. The third-order valence-electron chi connectivity index (χ3n) is 3.65. The van der Waals surface area contributed by atoms with E-state index >= 15 is 0 Å². The van der Waals surface area contributed by atoms with E-state index in [4.69, 9.17) is 20.8 Å². The smallest absolute Gasteiger partial charge is 0.407 e. The van der Waals surface area contributed by atoms with Crippen LogP contribution in [-0.2, 0) is 4.74 Å². The number of rotatable bonds is 3. The average molecular weight is 325 g/mol. The molecule has 0 aromatic carbocycles. The summed E-state index contributed by atoms with van der Waals surface area (Å²) >= 11 is 5.83. The molecule has 0 bridgehead atoms. The van der Waals surface area contributed by atoms with Gasteiger partial charge in [0.1, 0.15) is 11.3 Å². The van der Waals surface area contributed by atoms with Crippen molar-refractivity contribution in [3.63, 3.8) is 0 Å². The molecular formula is C14H17ClN4O3. The average Bonchev–Trinajstić information content (AvgIpc) is 2.88. The van der Waals surface area contributed by atoms with Gasteiger partial charge in [0.15, 0.2) is 5.58 Å². The van der Waals surface area contributed by atoms with Gasteiger partial charge in [-0.05, 0) is 31.4 Å². The summed E-state index contributed by atoms with van der Waals surface area (Å²) in [4.78, 5) is 19.7. The Labute approximate surface area is 132 Å². The molecule has 2 N–H and O–H groups in total. The normalized spacial score (nSPS) is 21.5. The van der Waals surface area contributed by atoms with Crippen LogP contribution in [0, 0.1) is 0 Å². The standard InChI is InChI=1S/C14H17ClN4O3/c1-16-14(20)21-9-4-2-3-8(7-9)17-13-19-12-10(22-13)5-6-11(15)18-12/h5-6,8-9H,2-4,7H2,1H3,(H,16,20)(H,17,18,19). The number of aromatic nitrogens is 2. The van der Waals surface area contributed by atoms with Crippen molar-refractivity contribution in [2.45, 2.75) is 37.8 Å². The minimum absolute atomic E-state index is 0.0943. The second-order valence-corrected chi connectivity index (χ2v) is 5.65. The van der Waals surface area contributed by atoms with Gasteiger partial charge < -0.3 is 19.8 Å². The Morgan fingerprint density at radius 2 is 2.27 bits per heavy atom. The van der Waals surface area contributed by atoms with Crippen molar-refractivity contribution in [1.29, 1.82) is 0 Å². The number of hydrogen-bond acceptors (Lipinski definition) is 6. The van der Waals surface area contributed by atoms with Crippen LogP contribution < -0.4 is 10.6 Å². The van der Waals surface area contributed by atoms with Crippen molar-refractivity contribution < 1.29 is 13.9 Å². The van der Waals surface area contributed by atoms with Crippen LogP contribution in [0.3, 0.4) is 0 Å². The Hall–Kier alpha value is -2.02. The highest BCUT2D eigenvalue weighted by Gasteiger charge is 2.25. The summed E-state index contributed by atoms with van der Waals surface area (Å²) in [5.74, 6) is 0. The van der Waals surface area contributed by atoms with Crippen LogP contribution in [0.1, 0.15) is 25.7 Å². The first-order chi connectivity index (χ1) is 10.6. The van der Waals surface area contributed by atoms with Crippen LogP contribution in [0.4, 0.5) is 10.8 Å². The number of nitrogens with zero attached hydrogens (tertiary/aromatic N) is 2. The summed E-state index contributed by atoms with van der Waals surface area (Å²) in [5, 5.41) is 6.08. The van der Waals surface area contributed by atoms with E-state index < -0.39 is 6.09 Å². The first kappa shape index (κ1) is 14.9. The van der Waals surface area contributed by atoms with Gasteiger partial charge in [-0.1, -0.05) is 11.6 Å². The van der Waals surface area contributed by atoms with Crippen molar-refractivity contribution >= 4 is 34.9 Å². The van der Waals surface area contributed by atoms with Crippen LogP contribution in [0.15, 0.2) is 16.5 Å². The highest BCUT2D eigenvalue weighted by atomic mass is 35.5. The van der Waals surface area contributed by atoms with Crippen LogP contribution in [0.25, 0.3) is 11.2 Å². The van der Waals surface area contributed by atoms with E-state index in [-0.39, 0.29) is 12.1 Å². The molecule has 0 spiro atoms. The van der Waals surface area contributed by atoms with Gasteiger partial charge in [0.2, 0.25) is 5.65 Å². The molecule has 1 saturated carbocycles. The molecular weight excluding hydrogens is 308 g/mol. The first-order valence-corrected chi connectivity index (χ1v) is 7.60. The zero-order chi connectivity index (χ0) is 15.5. The predicted octanol–water partition coefficient (Wildman–Crippen LogP) is 2.96. The number of alkyl carbamates (subject to hydrolysis) is 1. The van der Waals surface area contributed by atoms with Crippen molar-refractivity contribution in [2.75, 3.05) is 12.4 Å². The molecule has 2 unspecified atom stereocenters. The van der Waals surface area contributed by atoms with Gasteiger partial charge in [-0.2, -0.15) is 4.98 Å². The minimum Gasteiger partial charge on any atom is -0.446 e. The summed E-state index contributed by atoms with van der Waals surface area (Å²) in [7, 11) is 1.55.